The molecule has 1 aromatic rings. The fourth-order valence-corrected chi connectivity index (χ4v) is 2.64. The van der Waals surface area contributed by atoms with Crippen molar-refractivity contribution in [3.63, 3.8) is 0 Å². The normalized spacial score (nSPS) is 19.4. The molecule has 0 atom stereocenters. The smallest absolute Gasteiger partial charge is 0.235 e. The zero-order valence-electron chi connectivity index (χ0n) is 9.03. The van der Waals surface area contributed by atoms with Crippen molar-refractivity contribution in [1.82, 2.24) is 0 Å². The predicted molar refractivity (Wildman–Crippen MR) is 61.2 cm³/mol. The van der Waals surface area contributed by atoms with Crippen molar-refractivity contribution in [2.24, 2.45) is 4.99 Å². The molecule has 0 radical (unpaired) electrons. The van der Waals surface area contributed by atoms with Crippen LogP contribution in [0.25, 0.3) is 0 Å². The molecule has 3 rings (SSSR count). The highest BCUT2D eigenvalue weighted by molar-refractivity contribution is 6.31. The van der Waals surface area contributed by atoms with Gasteiger partial charge in [-0.1, -0.05) is 11.6 Å². The molecule has 0 amide bonds. The molecule has 0 bridgehead atoms. The van der Waals surface area contributed by atoms with Gasteiger partial charge in [0.15, 0.2) is 11.5 Å². The fraction of sp³-hybridized carbons (Fsp3) is 0.417. The van der Waals surface area contributed by atoms with Gasteiger partial charge in [-0.05, 0) is 25.3 Å². The first kappa shape index (κ1) is 10.6. The van der Waals surface area contributed by atoms with Crippen molar-refractivity contribution in [2.45, 2.75) is 24.8 Å². The average Bonchev–Trinajstić information content (AvgIpc) is 2.69. The van der Waals surface area contributed by atoms with Crippen LogP contribution in [0.3, 0.4) is 0 Å². The summed E-state index contributed by atoms with van der Waals surface area (Å²) < 4.78 is 10.6. The standard InChI is InChI=1S/C12H10ClNO3/c13-9-5-11-10(16-7-17-11)4-8(9)12(14-6-15)2-1-3-12/h4-5H,1-3,7H2. The fourth-order valence-electron chi connectivity index (χ4n) is 2.31. The first-order valence-corrected chi connectivity index (χ1v) is 5.82. The van der Waals surface area contributed by atoms with E-state index in [4.69, 9.17) is 21.1 Å². The highest BCUT2D eigenvalue weighted by Gasteiger charge is 2.41. The van der Waals surface area contributed by atoms with Gasteiger partial charge in [0.2, 0.25) is 12.9 Å². The number of benzene rings is 1. The number of isocyanates is 1. The Kier molecular flexibility index (Phi) is 2.35. The van der Waals surface area contributed by atoms with Gasteiger partial charge in [0.05, 0.1) is 10.6 Å². The molecule has 2 aliphatic rings. The van der Waals surface area contributed by atoms with Crippen LogP contribution in [0.5, 0.6) is 11.5 Å². The minimum absolute atomic E-state index is 0.207. The topological polar surface area (TPSA) is 47.9 Å². The van der Waals surface area contributed by atoms with Crippen LogP contribution in [0.4, 0.5) is 0 Å². The molecule has 0 unspecified atom stereocenters. The second-order valence-corrected chi connectivity index (χ2v) is 4.68. The molecule has 0 spiro atoms. The highest BCUT2D eigenvalue weighted by atomic mass is 35.5. The molecule has 1 aromatic carbocycles. The van der Waals surface area contributed by atoms with E-state index < -0.39 is 5.54 Å². The maximum absolute atomic E-state index is 10.5. The molecule has 1 saturated carbocycles. The molecule has 4 nitrogen and oxygen atoms in total. The van der Waals surface area contributed by atoms with E-state index in [1.807, 2.05) is 6.07 Å². The molecule has 88 valence electrons. The number of hydrogen-bond donors (Lipinski definition) is 0. The number of fused-ring (bicyclic) bond motifs is 1. The third-order valence-corrected chi connectivity index (χ3v) is 3.72. The summed E-state index contributed by atoms with van der Waals surface area (Å²) in [6, 6.07) is 3.55. The number of carbonyl (C=O) groups excluding carboxylic acids is 1. The molecule has 1 aliphatic heterocycles. The van der Waals surface area contributed by atoms with Crippen molar-refractivity contribution >= 4 is 17.7 Å². The van der Waals surface area contributed by atoms with E-state index in [2.05, 4.69) is 4.99 Å². The summed E-state index contributed by atoms with van der Waals surface area (Å²) in [6.07, 6.45) is 4.33. The van der Waals surface area contributed by atoms with Crippen LogP contribution >= 0.6 is 11.6 Å². The third-order valence-electron chi connectivity index (χ3n) is 3.40. The summed E-state index contributed by atoms with van der Waals surface area (Å²) in [5.74, 6) is 1.31. The van der Waals surface area contributed by atoms with Gasteiger partial charge in [0.1, 0.15) is 0 Å². The Bertz CT molecular complexity index is 519. The van der Waals surface area contributed by atoms with Crippen molar-refractivity contribution in [2.75, 3.05) is 6.79 Å². The SMILES string of the molecule is O=C=NC1(c2cc3c(cc2Cl)OCO3)CCC1. The van der Waals surface area contributed by atoms with Crippen LogP contribution in [0.15, 0.2) is 17.1 Å². The van der Waals surface area contributed by atoms with Gasteiger partial charge < -0.3 is 9.47 Å². The van der Waals surface area contributed by atoms with Gasteiger partial charge in [0.25, 0.3) is 0 Å². The first-order chi connectivity index (χ1) is 8.25. The van der Waals surface area contributed by atoms with Gasteiger partial charge >= 0.3 is 0 Å². The summed E-state index contributed by atoms with van der Waals surface area (Å²) >= 11 is 6.22. The average molecular weight is 252 g/mol. The Balaban J connectivity index is 2.11. The van der Waals surface area contributed by atoms with Crippen molar-refractivity contribution in [1.29, 1.82) is 0 Å². The lowest BCUT2D eigenvalue weighted by Gasteiger charge is -2.37. The van der Waals surface area contributed by atoms with Crippen molar-refractivity contribution in [3.8, 4) is 11.5 Å². The predicted octanol–water partition coefficient (Wildman–Crippen LogP) is 2.78. The molecular formula is C12H10ClNO3. The summed E-state index contributed by atoms with van der Waals surface area (Å²) in [7, 11) is 0. The van der Waals surface area contributed by atoms with E-state index in [1.165, 1.54) is 0 Å². The van der Waals surface area contributed by atoms with Crippen LogP contribution < -0.4 is 9.47 Å². The molecule has 1 aliphatic carbocycles. The molecule has 0 N–H and O–H groups in total. The summed E-state index contributed by atoms with van der Waals surface area (Å²) in [5, 5.41) is 0.563. The molecule has 0 aromatic heterocycles. The zero-order chi connectivity index (χ0) is 11.9. The van der Waals surface area contributed by atoms with Crippen LogP contribution in [0.1, 0.15) is 24.8 Å². The minimum atomic E-state index is -0.500. The number of aliphatic imine (C=N–C) groups is 1. The second-order valence-electron chi connectivity index (χ2n) is 4.27. The Hall–Kier alpha value is -1.51. The van der Waals surface area contributed by atoms with E-state index in [9.17, 15) is 4.79 Å². The lowest BCUT2D eigenvalue weighted by Crippen LogP contribution is -2.32. The van der Waals surface area contributed by atoms with Crippen molar-refractivity contribution < 1.29 is 14.3 Å². The quantitative estimate of drug-likeness (QED) is 0.600. The lowest BCUT2D eigenvalue weighted by molar-refractivity contribution is 0.173. The monoisotopic (exact) mass is 251 g/mol. The molecule has 17 heavy (non-hydrogen) atoms. The minimum Gasteiger partial charge on any atom is -0.454 e. The van der Waals surface area contributed by atoms with Crippen LogP contribution in [0, 0.1) is 0 Å². The van der Waals surface area contributed by atoms with Crippen molar-refractivity contribution in [3.05, 3.63) is 22.7 Å². The molecule has 5 heteroatoms. The number of ether oxygens (including phenoxy) is 2. The Morgan fingerprint density at radius 3 is 2.59 bits per heavy atom. The second kappa shape index (κ2) is 3.76. The molecule has 0 saturated heterocycles. The maximum atomic E-state index is 10.5. The third kappa shape index (κ3) is 1.53. The highest BCUT2D eigenvalue weighted by Crippen LogP contribution is 2.50. The van der Waals surface area contributed by atoms with E-state index in [0.717, 1.165) is 24.8 Å². The van der Waals surface area contributed by atoms with Crippen LogP contribution in [-0.2, 0) is 10.3 Å². The zero-order valence-corrected chi connectivity index (χ0v) is 9.79. The van der Waals surface area contributed by atoms with Crippen LogP contribution in [-0.4, -0.2) is 12.9 Å². The van der Waals surface area contributed by atoms with E-state index in [0.29, 0.717) is 16.5 Å². The van der Waals surface area contributed by atoms with Gasteiger partial charge in [-0.2, -0.15) is 4.99 Å². The molecule has 1 heterocycles. The number of nitrogens with zero attached hydrogens (tertiary/aromatic N) is 1. The molecule has 1 fully saturated rings. The number of halogens is 1. The van der Waals surface area contributed by atoms with Gasteiger partial charge in [-0.25, -0.2) is 4.79 Å². The van der Waals surface area contributed by atoms with Crippen LogP contribution in [0.2, 0.25) is 5.02 Å². The van der Waals surface area contributed by atoms with E-state index >= 15 is 0 Å². The Labute approximate surface area is 103 Å². The first-order valence-electron chi connectivity index (χ1n) is 5.44. The Morgan fingerprint density at radius 2 is 2.00 bits per heavy atom. The van der Waals surface area contributed by atoms with Gasteiger partial charge in [0, 0.05) is 11.6 Å². The van der Waals surface area contributed by atoms with E-state index in [-0.39, 0.29) is 6.79 Å². The number of rotatable bonds is 2. The Morgan fingerprint density at radius 1 is 1.29 bits per heavy atom. The lowest BCUT2D eigenvalue weighted by atomic mass is 9.72. The summed E-state index contributed by atoms with van der Waals surface area (Å²) in [4.78, 5) is 14.5. The van der Waals surface area contributed by atoms with E-state index in [1.54, 1.807) is 12.1 Å². The van der Waals surface area contributed by atoms with Gasteiger partial charge in [-0.3, -0.25) is 0 Å². The molecular weight excluding hydrogens is 242 g/mol. The summed E-state index contributed by atoms with van der Waals surface area (Å²) in [5.41, 5.74) is 0.331. The summed E-state index contributed by atoms with van der Waals surface area (Å²) in [6.45, 7) is 0.207. The largest absolute Gasteiger partial charge is 0.454 e. The van der Waals surface area contributed by atoms with Gasteiger partial charge in [-0.15, -0.1) is 0 Å². The number of hydrogen-bond acceptors (Lipinski definition) is 4. The maximum Gasteiger partial charge on any atom is 0.235 e.